The summed E-state index contributed by atoms with van der Waals surface area (Å²) >= 11 is 4.78. The lowest BCUT2D eigenvalue weighted by Gasteiger charge is -2.07. The fourth-order valence-corrected chi connectivity index (χ4v) is 3.92. The van der Waals surface area contributed by atoms with Crippen LogP contribution in [0.2, 0.25) is 0 Å². The van der Waals surface area contributed by atoms with Crippen molar-refractivity contribution in [3.05, 3.63) is 62.4 Å². The minimum Gasteiger partial charge on any atom is -0.503 e. The minimum absolute atomic E-state index is 0.0327. The van der Waals surface area contributed by atoms with Gasteiger partial charge in [-0.3, -0.25) is 4.99 Å². The monoisotopic (exact) mass is 463 g/mol. The Morgan fingerprint density at radius 3 is 2.61 bits per heavy atom. The molecule has 0 aliphatic rings. The molecule has 3 aromatic rings. The SMILES string of the molecule is COc1cc(C=Nn2c(-c3ccc(F)cc3)csc2=NC(C)C)cc(Br)c1O. The number of nitrogens with zero attached hydrogens (tertiary/aromatic N) is 3. The van der Waals surface area contributed by atoms with Crippen LogP contribution in [0.1, 0.15) is 19.4 Å². The number of phenolic OH excluding ortho intramolecular Hbond substituents is 1. The number of hydrogen-bond donors (Lipinski definition) is 1. The van der Waals surface area contributed by atoms with Crippen LogP contribution in [0.25, 0.3) is 11.3 Å². The van der Waals surface area contributed by atoms with Crippen molar-refractivity contribution in [3.63, 3.8) is 0 Å². The molecule has 0 saturated carbocycles. The number of hydrogen-bond acceptors (Lipinski definition) is 5. The van der Waals surface area contributed by atoms with Crippen LogP contribution in [0.5, 0.6) is 11.5 Å². The van der Waals surface area contributed by atoms with E-state index in [4.69, 9.17) is 4.74 Å². The highest BCUT2D eigenvalue weighted by molar-refractivity contribution is 9.10. The zero-order chi connectivity index (χ0) is 20.3. The number of halogens is 2. The first kappa shape index (κ1) is 20.3. The average molecular weight is 464 g/mol. The molecule has 0 radical (unpaired) electrons. The van der Waals surface area contributed by atoms with Gasteiger partial charge in [0.25, 0.3) is 0 Å². The highest BCUT2D eigenvalue weighted by Crippen LogP contribution is 2.34. The van der Waals surface area contributed by atoms with E-state index in [1.807, 2.05) is 19.2 Å². The highest BCUT2D eigenvalue weighted by atomic mass is 79.9. The quantitative estimate of drug-likeness (QED) is 0.539. The van der Waals surface area contributed by atoms with Gasteiger partial charge in [-0.05, 0) is 71.7 Å². The van der Waals surface area contributed by atoms with Crippen molar-refractivity contribution in [3.8, 4) is 22.8 Å². The molecular formula is C20H19BrFN3O2S. The van der Waals surface area contributed by atoms with Gasteiger partial charge in [0.1, 0.15) is 5.82 Å². The second-order valence-corrected chi connectivity index (χ2v) is 7.93. The molecule has 0 spiro atoms. The maximum atomic E-state index is 13.3. The standard InChI is InChI=1S/C20H19BrFN3O2S/c1-12(2)24-20-25(17(11-28-20)14-4-6-15(22)7-5-14)23-10-13-8-16(21)19(26)18(9-13)27-3/h4-12,26H,1-3H3. The van der Waals surface area contributed by atoms with Crippen LogP contribution in [0.15, 0.2) is 56.3 Å². The average Bonchev–Trinajstić information content (AvgIpc) is 3.05. The number of methoxy groups -OCH3 is 1. The van der Waals surface area contributed by atoms with Gasteiger partial charge >= 0.3 is 0 Å². The number of ether oxygens (including phenoxy) is 1. The van der Waals surface area contributed by atoms with E-state index >= 15 is 0 Å². The Morgan fingerprint density at radius 2 is 1.96 bits per heavy atom. The van der Waals surface area contributed by atoms with E-state index in [0.717, 1.165) is 21.6 Å². The van der Waals surface area contributed by atoms with Crippen molar-refractivity contribution in [2.45, 2.75) is 19.9 Å². The Morgan fingerprint density at radius 1 is 1.25 bits per heavy atom. The lowest BCUT2D eigenvalue weighted by atomic mass is 10.2. The van der Waals surface area contributed by atoms with Crippen molar-refractivity contribution >= 4 is 33.5 Å². The second kappa shape index (κ2) is 8.70. The summed E-state index contributed by atoms with van der Waals surface area (Å²) in [7, 11) is 1.49. The summed E-state index contributed by atoms with van der Waals surface area (Å²) in [5.41, 5.74) is 2.38. The molecule has 0 unspecified atom stereocenters. The van der Waals surface area contributed by atoms with E-state index in [9.17, 15) is 9.50 Å². The molecule has 0 aliphatic heterocycles. The van der Waals surface area contributed by atoms with Crippen molar-refractivity contribution in [2.75, 3.05) is 7.11 Å². The summed E-state index contributed by atoms with van der Waals surface area (Å²) < 4.78 is 20.7. The normalized spacial score (nSPS) is 12.3. The lowest BCUT2D eigenvalue weighted by Crippen LogP contribution is -2.14. The Kier molecular flexibility index (Phi) is 6.31. The topological polar surface area (TPSA) is 59.1 Å². The first-order valence-corrected chi connectivity index (χ1v) is 10.2. The van der Waals surface area contributed by atoms with Crippen molar-refractivity contribution in [1.82, 2.24) is 4.68 Å². The molecule has 0 amide bonds. The van der Waals surface area contributed by atoms with Gasteiger partial charge in [0, 0.05) is 17.0 Å². The summed E-state index contributed by atoms with van der Waals surface area (Å²) in [5.74, 6) is 0.0875. The molecule has 0 bridgehead atoms. The predicted octanol–water partition coefficient (Wildman–Crippen LogP) is 5.02. The van der Waals surface area contributed by atoms with Gasteiger partial charge < -0.3 is 9.84 Å². The van der Waals surface area contributed by atoms with Crippen LogP contribution < -0.4 is 9.54 Å². The molecule has 0 saturated heterocycles. The molecule has 5 nitrogen and oxygen atoms in total. The van der Waals surface area contributed by atoms with Gasteiger partial charge in [0.15, 0.2) is 11.5 Å². The molecule has 1 N–H and O–H groups in total. The number of phenols is 1. The lowest BCUT2D eigenvalue weighted by molar-refractivity contribution is 0.372. The van der Waals surface area contributed by atoms with Crippen LogP contribution in [0.4, 0.5) is 4.39 Å². The Hall–Kier alpha value is -2.45. The first-order valence-electron chi connectivity index (χ1n) is 8.50. The molecule has 1 heterocycles. The number of aromatic nitrogens is 1. The molecule has 8 heteroatoms. The van der Waals surface area contributed by atoms with Crippen molar-refractivity contribution in [1.29, 1.82) is 0 Å². The van der Waals surface area contributed by atoms with E-state index in [0.29, 0.717) is 10.2 Å². The predicted molar refractivity (Wildman–Crippen MR) is 114 cm³/mol. The summed E-state index contributed by atoms with van der Waals surface area (Å²) in [4.78, 5) is 5.35. The molecule has 0 aliphatic carbocycles. The number of aromatic hydroxyl groups is 1. The molecule has 146 valence electrons. The molecular weight excluding hydrogens is 445 g/mol. The number of benzene rings is 2. The Bertz CT molecular complexity index is 1070. The van der Waals surface area contributed by atoms with Gasteiger partial charge in [0.05, 0.1) is 23.5 Å². The molecule has 0 atom stereocenters. The van der Waals surface area contributed by atoms with Crippen LogP contribution >= 0.6 is 27.3 Å². The Labute approximate surface area is 174 Å². The van der Waals surface area contributed by atoms with E-state index < -0.39 is 0 Å². The summed E-state index contributed by atoms with van der Waals surface area (Å²) in [6, 6.07) is 9.79. The highest BCUT2D eigenvalue weighted by Gasteiger charge is 2.10. The van der Waals surface area contributed by atoms with E-state index in [1.165, 1.54) is 30.6 Å². The molecule has 0 fully saturated rings. The van der Waals surface area contributed by atoms with Crippen LogP contribution in [-0.2, 0) is 0 Å². The minimum atomic E-state index is -0.290. The van der Waals surface area contributed by atoms with Crippen LogP contribution in [-0.4, -0.2) is 29.1 Å². The zero-order valence-corrected chi connectivity index (χ0v) is 18.0. The van der Waals surface area contributed by atoms with Crippen LogP contribution in [0, 0.1) is 5.82 Å². The van der Waals surface area contributed by atoms with Crippen molar-refractivity contribution < 1.29 is 14.2 Å². The van der Waals surface area contributed by atoms with E-state index in [1.54, 1.807) is 35.2 Å². The largest absolute Gasteiger partial charge is 0.503 e. The molecule has 1 aromatic heterocycles. The van der Waals surface area contributed by atoms with Gasteiger partial charge in [-0.2, -0.15) is 5.10 Å². The van der Waals surface area contributed by atoms with Crippen LogP contribution in [0.3, 0.4) is 0 Å². The molecule has 2 aromatic carbocycles. The maximum Gasteiger partial charge on any atom is 0.206 e. The summed E-state index contributed by atoms with van der Waals surface area (Å²) in [5, 5.41) is 16.5. The van der Waals surface area contributed by atoms with E-state index in [2.05, 4.69) is 26.0 Å². The van der Waals surface area contributed by atoms with Gasteiger partial charge in [0.2, 0.25) is 4.80 Å². The molecule has 3 rings (SSSR count). The third kappa shape index (κ3) is 4.51. The third-order valence-corrected chi connectivity index (χ3v) is 5.22. The number of thiazole rings is 1. The molecule has 28 heavy (non-hydrogen) atoms. The number of rotatable bonds is 5. The van der Waals surface area contributed by atoms with Gasteiger partial charge in [-0.1, -0.05) is 0 Å². The summed E-state index contributed by atoms with van der Waals surface area (Å²) in [6.45, 7) is 3.99. The van der Waals surface area contributed by atoms with Gasteiger partial charge in [-0.25, -0.2) is 9.07 Å². The summed E-state index contributed by atoms with van der Waals surface area (Å²) in [6.07, 6.45) is 1.66. The fraction of sp³-hybridized carbons (Fsp3) is 0.200. The maximum absolute atomic E-state index is 13.3. The third-order valence-electron chi connectivity index (χ3n) is 3.79. The van der Waals surface area contributed by atoms with Crippen molar-refractivity contribution in [2.24, 2.45) is 10.1 Å². The zero-order valence-electron chi connectivity index (χ0n) is 15.6. The first-order chi connectivity index (χ1) is 13.4. The Balaban J connectivity index is 2.10. The fourth-order valence-electron chi connectivity index (χ4n) is 2.49. The second-order valence-electron chi connectivity index (χ2n) is 6.24. The van der Waals surface area contributed by atoms with Gasteiger partial charge in [-0.15, -0.1) is 11.3 Å². The smallest absolute Gasteiger partial charge is 0.206 e. The van der Waals surface area contributed by atoms with E-state index in [-0.39, 0.29) is 17.6 Å².